The molecular weight excluding hydrogens is 248 g/mol. The van der Waals surface area contributed by atoms with Crippen LogP contribution in [-0.4, -0.2) is 47.7 Å². The summed E-state index contributed by atoms with van der Waals surface area (Å²) < 4.78 is 0. The molecule has 7 nitrogen and oxygen atoms in total. The van der Waals surface area contributed by atoms with Crippen molar-refractivity contribution in [1.29, 1.82) is 0 Å². The molecule has 0 radical (unpaired) electrons. The molecule has 4 atom stereocenters. The number of carbonyl (C=O) groups excluding carboxylic acids is 1. The van der Waals surface area contributed by atoms with E-state index in [-0.39, 0.29) is 18.4 Å². The maximum absolute atomic E-state index is 11.9. The predicted molar refractivity (Wildman–Crippen MR) is 72.4 cm³/mol. The van der Waals surface area contributed by atoms with Crippen molar-refractivity contribution in [1.82, 2.24) is 5.32 Å². The van der Waals surface area contributed by atoms with E-state index in [0.717, 1.165) is 6.42 Å². The summed E-state index contributed by atoms with van der Waals surface area (Å²) in [4.78, 5) is 30.7. The van der Waals surface area contributed by atoms with E-state index in [4.69, 9.17) is 10.8 Å². The largest absolute Gasteiger partial charge is 0.480 e. The van der Waals surface area contributed by atoms with Gasteiger partial charge >= 0.3 is 5.97 Å². The summed E-state index contributed by atoms with van der Waals surface area (Å²) in [5, 5.41) is 11.6. The van der Waals surface area contributed by atoms with Crippen LogP contribution in [0.5, 0.6) is 0 Å². The fraction of sp³-hybridized carbons (Fsp3) is 0.667. The quantitative estimate of drug-likeness (QED) is 0.592. The van der Waals surface area contributed by atoms with E-state index in [1.54, 1.807) is 6.21 Å². The Hall–Kier alpha value is -1.76. The van der Waals surface area contributed by atoms with Crippen molar-refractivity contribution in [3.63, 3.8) is 0 Å². The maximum Gasteiger partial charge on any atom is 0.326 e. The van der Waals surface area contributed by atoms with Crippen LogP contribution < -0.4 is 11.1 Å². The number of carbonyl (C=O) groups is 2. The summed E-state index contributed by atoms with van der Waals surface area (Å²) in [5.74, 6) is -1.54. The third-order valence-corrected chi connectivity index (χ3v) is 3.23. The number of amides is 1. The summed E-state index contributed by atoms with van der Waals surface area (Å²) in [6, 6.07) is -2.01. The molecule has 1 aliphatic rings. The van der Waals surface area contributed by atoms with E-state index in [2.05, 4.69) is 15.3 Å². The number of nitrogens with zero attached hydrogens (tertiary/aromatic N) is 2. The van der Waals surface area contributed by atoms with Crippen LogP contribution in [0.4, 0.5) is 0 Å². The van der Waals surface area contributed by atoms with Gasteiger partial charge in [0.25, 0.3) is 0 Å². The lowest BCUT2D eigenvalue weighted by Gasteiger charge is -2.21. The normalized spacial score (nSPS) is 21.9. The zero-order chi connectivity index (χ0) is 14.4. The van der Waals surface area contributed by atoms with E-state index in [9.17, 15) is 9.59 Å². The number of hydrogen-bond donors (Lipinski definition) is 3. The molecule has 1 heterocycles. The highest BCUT2D eigenvalue weighted by Gasteiger charge is 2.27. The van der Waals surface area contributed by atoms with Crippen molar-refractivity contribution in [2.24, 2.45) is 21.6 Å². The Morgan fingerprint density at radius 2 is 2.21 bits per heavy atom. The number of hydrogen-bond acceptors (Lipinski definition) is 5. The van der Waals surface area contributed by atoms with Gasteiger partial charge in [-0.05, 0) is 5.92 Å². The van der Waals surface area contributed by atoms with Crippen LogP contribution in [-0.2, 0) is 9.59 Å². The Kier molecular flexibility index (Phi) is 5.62. The Morgan fingerprint density at radius 1 is 1.53 bits per heavy atom. The van der Waals surface area contributed by atoms with Gasteiger partial charge in [0, 0.05) is 12.6 Å². The van der Waals surface area contributed by atoms with Crippen molar-refractivity contribution < 1.29 is 14.7 Å². The van der Waals surface area contributed by atoms with Crippen LogP contribution in [0, 0.1) is 5.92 Å². The van der Waals surface area contributed by atoms with E-state index in [1.165, 1.54) is 6.34 Å². The first kappa shape index (κ1) is 15.3. The van der Waals surface area contributed by atoms with Gasteiger partial charge < -0.3 is 16.2 Å². The number of nitrogens with one attached hydrogen (secondary N) is 1. The summed E-state index contributed by atoms with van der Waals surface area (Å²) in [6.45, 7) is 3.78. The second kappa shape index (κ2) is 6.98. The molecule has 0 aromatic rings. The van der Waals surface area contributed by atoms with Crippen molar-refractivity contribution in [2.45, 2.75) is 44.8 Å². The first-order chi connectivity index (χ1) is 8.95. The highest BCUT2D eigenvalue weighted by atomic mass is 16.4. The molecule has 0 aliphatic carbocycles. The molecule has 0 fully saturated rings. The van der Waals surface area contributed by atoms with Crippen LogP contribution in [0.2, 0.25) is 0 Å². The molecular formula is C12H20N4O3. The molecule has 4 N–H and O–H groups in total. The smallest absolute Gasteiger partial charge is 0.326 e. The van der Waals surface area contributed by atoms with Crippen molar-refractivity contribution in [2.75, 3.05) is 0 Å². The lowest BCUT2D eigenvalue weighted by atomic mass is 9.98. The minimum absolute atomic E-state index is 0.000471. The van der Waals surface area contributed by atoms with E-state index in [0.29, 0.717) is 0 Å². The SMILES string of the molecule is CC[C@H](C)[C@H](N)C(=O)N[C@@H](C[C@H]1C=NC=N1)C(=O)O. The first-order valence-corrected chi connectivity index (χ1v) is 6.29. The van der Waals surface area contributed by atoms with Gasteiger partial charge in [-0.3, -0.25) is 9.79 Å². The minimum atomic E-state index is -1.10. The molecule has 1 amide bonds. The molecule has 19 heavy (non-hydrogen) atoms. The third-order valence-electron chi connectivity index (χ3n) is 3.23. The van der Waals surface area contributed by atoms with Crippen molar-refractivity contribution in [3.05, 3.63) is 0 Å². The summed E-state index contributed by atoms with van der Waals surface area (Å²) in [5.41, 5.74) is 5.77. The average molecular weight is 268 g/mol. The molecule has 0 saturated heterocycles. The number of rotatable bonds is 7. The molecule has 0 bridgehead atoms. The standard InChI is InChI=1S/C12H20N4O3/c1-3-7(2)10(13)11(17)16-9(12(18)19)4-8-5-14-6-15-8/h5-10H,3-4,13H2,1-2H3,(H,16,17)(H,18,19)/t7-,8-,9-,10-/m0/s1. The number of aliphatic imine (C=N–C) groups is 2. The monoisotopic (exact) mass is 268 g/mol. The number of carboxylic acids is 1. The fourth-order valence-corrected chi connectivity index (χ4v) is 1.67. The zero-order valence-electron chi connectivity index (χ0n) is 11.1. The highest BCUT2D eigenvalue weighted by Crippen LogP contribution is 2.08. The molecule has 0 aromatic heterocycles. The maximum atomic E-state index is 11.9. The topological polar surface area (TPSA) is 117 Å². The Balaban J connectivity index is 2.58. The summed E-state index contributed by atoms with van der Waals surface area (Å²) in [7, 11) is 0. The number of aliphatic carboxylic acids is 1. The Morgan fingerprint density at radius 3 is 2.68 bits per heavy atom. The van der Waals surface area contributed by atoms with Gasteiger partial charge in [-0.2, -0.15) is 0 Å². The molecule has 0 unspecified atom stereocenters. The predicted octanol–water partition coefficient (Wildman–Crippen LogP) is -0.199. The number of carboxylic acid groups (broad SMARTS) is 1. The first-order valence-electron chi connectivity index (χ1n) is 6.29. The highest BCUT2D eigenvalue weighted by molar-refractivity contribution is 5.88. The molecule has 7 heteroatoms. The van der Waals surface area contributed by atoms with Gasteiger partial charge in [-0.15, -0.1) is 0 Å². The fourth-order valence-electron chi connectivity index (χ4n) is 1.67. The van der Waals surface area contributed by atoms with Crippen molar-refractivity contribution >= 4 is 24.4 Å². The van der Waals surface area contributed by atoms with Crippen molar-refractivity contribution in [3.8, 4) is 0 Å². The van der Waals surface area contributed by atoms with Crippen LogP contribution >= 0.6 is 0 Å². The van der Waals surface area contributed by atoms with Crippen LogP contribution in [0.3, 0.4) is 0 Å². The van der Waals surface area contributed by atoms with E-state index in [1.807, 2.05) is 13.8 Å². The van der Waals surface area contributed by atoms with Gasteiger partial charge in [0.15, 0.2) is 0 Å². The van der Waals surface area contributed by atoms with Crippen LogP contribution in [0.25, 0.3) is 0 Å². The molecule has 0 spiro atoms. The second-order valence-electron chi connectivity index (χ2n) is 4.68. The van der Waals surface area contributed by atoms with E-state index < -0.39 is 24.0 Å². The summed E-state index contributed by atoms with van der Waals surface area (Å²) >= 11 is 0. The van der Waals surface area contributed by atoms with Crippen LogP contribution in [0.15, 0.2) is 9.98 Å². The Bertz CT molecular complexity index is 382. The van der Waals surface area contributed by atoms with Gasteiger partial charge in [-0.1, -0.05) is 20.3 Å². The van der Waals surface area contributed by atoms with Gasteiger partial charge in [0.1, 0.15) is 12.4 Å². The number of nitrogens with two attached hydrogens (primary N) is 1. The van der Waals surface area contributed by atoms with E-state index >= 15 is 0 Å². The molecule has 1 rings (SSSR count). The van der Waals surface area contributed by atoms with Gasteiger partial charge in [0.05, 0.1) is 12.1 Å². The van der Waals surface area contributed by atoms with Gasteiger partial charge in [0.2, 0.25) is 5.91 Å². The molecule has 0 aromatic carbocycles. The molecule has 1 aliphatic heterocycles. The average Bonchev–Trinajstić information content (AvgIpc) is 2.88. The summed E-state index contributed by atoms with van der Waals surface area (Å²) in [6.07, 6.45) is 3.85. The Labute approximate surface area is 112 Å². The molecule has 106 valence electrons. The minimum Gasteiger partial charge on any atom is -0.480 e. The lowest BCUT2D eigenvalue weighted by Crippen LogP contribution is -2.51. The zero-order valence-corrected chi connectivity index (χ0v) is 11.1. The van der Waals surface area contributed by atoms with Gasteiger partial charge in [-0.25, -0.2) is 9.79 Å². The molecule has 0 saturated carbocycles. The van der Waals surface area contributed by atoms with Crippen LogP contribution in [0.1, 0.15) is 26.7 Å². The third kappa shape index (κ3) is 4.44. The second-order valence-corrected chi connectivity index (χ2v) is 4.68. The lowest BCUT2D eigenvalue weighted by molar-refractivity contribution is -0.142.